The van der Waals surface area contributed by atoms with Crippen molar-refractivity contribution in [2.75, 3.05) is 26.2 Å². The average molecular weight is 366 g/mol. The second-order valence-electron chi connectivity index (χ2n) is 6.66. The summed E-state index contributed by atoms with van der Waals surface area (Å²) in [6.07, 6.45) is 2.69. The minimum absolute atomic E-state index is 0.0451. The fraction of sp³-hybridized carbons (Fsp3) is 0.529. The summed E-state index contributed by atoms with van der Waals surface area (Å²) < 4.78 is 26.7. The predicted octanol–water partition coefficient (Wildman–Crippen LogP) is 1.41. The summed E-state index contributed by atoms with van der Waals surface area (Å²) in [5.41, 5.74) is -0.156. The average Bonchev–Trinajstić information content (AvgIpc) is 3.42. The maximum absolute atomic E-state index is 12.7. The number of rotatable bonds is 5. The number of carboxylic acids is 1. The van der Waals surface area contributed by atoms with Gasteiger partial charge in [0, 0.05) is 31.6 Å². The van der Waals surface area contributed by atoms with E-state index >= 15 is 0 Å². The van der Waals surface area contributed by atoms with Crippen molar-refractivity contribution in [2.24, 2.45) is 5.41 Å². The molecule has 3 rings (SSSR count). The highest BCUT2D eigenvalue weighted by molar-refractivity contribution is 7.89. The van der Waals surface area contributed by atoms with Crippen molar-refractivity contribution >= 4 is 21.9 Å². The molecule has 1 aromatic rings. The molecule has 0 bridgehead atoms. The number of carbonyl (C=O) groups excluding carboxylic acids is 1. The van der Waals surface area contributed by atoms with E-state index in [1.165, 1.54) is 28.6 Å². The summed E-state index contributed by atoms with van der Waals surface area (Å²) in [7, 11) is -3.68. The fourth-order valence-electron chi connectivity index (χ4n) is 3.26. The van der Waals surface area contributed by atoms with Gasteiger partial charge in [0.25, 0.3) is 0 Å². The second-order valence-corrected chi connectivity index (χ2v) is 8.60. The van der Waals surface area contributed by atoms with Crippen LogP contribution in [-0.4, -0.2) is 60.8 Å². The van der Waals surface area contributed by atoms with Gasteiger partial charge in [0.1, 0.15) is 0 Å². The Balaban J connectivity index is 1.67. The summed E-state index contributed by atoms with van der Waals surface area (Å²) in [5, 5.41) is 8.90. The molecule has 1 amide bonds. The van der Waals surface area contributed by atoms with Crippen LogP contribution in [0.3, 0.4) is 0 Å². The second kappa shape index (κ2) is 6.42. The summed E-state index contributed by atoms with van der Waals surface area (Å²) in [5.74, 6) is -0.945. The Bertz CT molecular complexity index is 776. The van der Waals surface area contributed by atoms with Crippen molar-refractivity contribution in [1.29, 1.82) is 0 Å². The normalized spacial score (nSPS) is 20.3. The third-order valence-corrected chi connectivity index (χ3v) is 7.16. The van der Waals surface area contributed by atoms with Gasteiger partial charge in [-0.1, -0.05) is 6.92 Å². The van der Waals surface area contributed by atoms with E-state index in [0.29, 0.717) is 13.1 Å². The standard InChI is InChI=1S/C17H22N2O5S/c1-2-17(7-8-17)16(22)18-9-11-19(12-10-18)25(23,24)14-5-3-13(4-6-14)15(20)21/h3-6H,2,7-12H2,1H3,(H,20,21). The van der Waals surface area contributed by atoms with Crippen LogP contribution < -0.4 is 0 Å². The summed E-state index contributed by atoms with van der Waals surface area (Å²) in [6, 6.07) is 5.19. The lowest BCUT2D eigenvalue weighted by atomic mass is 10.0. The zero-order valence-electron chi connectivity index (χ0n) is 14.1. The van der Waals surface area contributed by atoms with Crippen molar-refractivity contribution in [3.05, 3.63) is 29.8 Å². The fourth-order valence-corrected chi connectivity index (χ4v) is 4.68. The van der Waals surface area contributed by atoms with Gasteiger partial charge in [0.15, 0.2) is 0 Å². The maximum Gasteiger partial charge on any atom is 0.335 e. The first-order valence-electron chi connectivity index (χ1n) is 8.43. The van der Waals surface area contributed by atoms with Crippen molar-refractivity contribution in [1.82, 2.24) is 9.21 Å². The van der Waals surface area contributed by atoms with Gasteiger partial charge in [-0.3, -0.25) is 4.79 Å². The first-order valence-corrected chi connectivity index (χ1v) is 9.87. The number of sulfonamides is 1. The molecule has 2 fully saturated rings. The van der Waals surface area contributed by atoms with E-state index in [2.05, 4.69) is 0 Å². The molecule has 1 aliphatic carbocycles. The van der Waals surface area contributed by atoms with Crippen molar-refractivity contribution in [2.45, 2.75) is 31.1 Å². The lowest BCUT2D eigenvalue weighted by Gasteiger charge is -2.35. The molecule has 0 atom stereocenters. The first kappa shape index (κ1) is 17.9. The van der Waals surface area contributed by atoms with Gasteiger partial charge in [0.05, 0.1) is 10.5 Å². The topological polar surface area (TPSA) is 95.0 Å². The SMILES string of the molecule is CCC1(C(=O)N2CCN(S(=O)(=O)c3ccc(C(=O)O)cc3)CC2)CC1. The summed E-state index contributed by atoms with van der Waals surface area (Å²) in [6.45, 7) is 3.33. The minimum Gasteiger partial charge on any atom is -0.478 e. The van der Waals surface area contributed by atoms with Gasteiger partial charge in [-0.2, -0.15) is 4.31 Å². The van der Waals surface area contributed by atoms with Crippen LogP contribution in [0, 0.1) is 5.41 Å². The van der Waals surface area contributed by atoms with E-state index in [4.69, 9.17) is 5.11 Å². The number of amides is 1. The highest BCUT2D eigenvalue weighted by Gasteiger charge is 2.50. The molecule has 1 aliphatic heterocycles. The summed E-state index contributed by atoms with van der Waals surface area (Å²) >= 11 is 0. The Kier molecular flexibility index (Phi) is 4.59. The molecule has 136 valence electrons. The molecular weight excluding hydrogens is 344 g/mol. The van der Waals surface area contributed by atoms with Crippen molar-refractivity contribution in [3.63, 3.8) is 0 Å². The Labute approximate surface area is 147 Å². The van der Waals surface area contributed by atoms with Gasteiger partial charge >= 0.3 is 5.97 Å². The van der Waals surface area contributed by atoms with Gasteiger partial charge in [-0.25, -0.2) is 13.2 Å². The van der Waals surface area contributed by atoms with Crippen LogP contribution in [0.15, 0.2) is 29.2 Å². The quantitative estimate of drug-likeness (QED) is 0.850. The Morgan fingerprint density at radius 2 is 1.64 bits per heavy atom. The van der Waals surface area contributed by atoms with Crippen LogP contribution in [0.1, 0.15) is 36.5 Å². The third-order valence-electron chi connectivity index (χ3n) is 5.25. The number of carbonyl (C=O) groups is 2. The van der Waals surface area contributed by atoms with Crippen LogP contribution in [0.5, 0.6) is 0 Å². The molecule has 0 aromatic heterocycles. The number of nitrogens with zero attached hydrogens (tertiary/aromatic N) is 2. The van der Waals surface area contributed by atoms with E-state index in [0.717, 1.165) is 19.3 Å². The van der Waals surface area contributed by atoms with Crippen molar-refractivity contribution in [3.8, 4) is 0 Å². The predicted molar refractivity (Wildman–Crippen MR) is 90.7 cm³/mol. The Hall–Kier alpha value is -1.93. The lowest BCUT2D eigenvalue weighted by Crippen LogP contribution is -2.52. The number of hydrogen-bond donors (Lipinski definition) is 1. The van der Waals surface area contributed by atoms with Crippen LogP contribution in [-0.2, 0) is 14.8 Å². The summed E-state index contributed by atoms with van der Waals surface area (Å²) in [4.78, 5) is 25.3. The van der Waals surface area contributed by atoms with Crippen LogP contribution >= 0.6 is 0 Å². The largest absolute Gasteiger partial charge is 0.478 e. The van der Waals surface area contributed by atoms with Gasteiger partial charge < -0.3 is 10.0 Å². The third kappa shape index (κ3) is 3.28. The highest BCUT2D eigenvalue weighted by Crippen LogP contribution is 2.50. The molecule has 1 saturated heterocycles. The van der Waals surface area contributed by atoms with E-state index in [1.807, 2.05) is 6.92 Å². The molecule has 2 aliphatic rings. The van der Waals surface area contributed by atoms with Crippen molar-refractivity contribution < 1.29 is 23.1 Å². The van der Waals surface area contributed by atoms with Crippen LogP contribution in [0.2, 0.25) is 0 Å². The highest BCUT2D eigenvalue weighted by atomic mass is 32.2. The molecular formula is C17H22N2O5S. The number of aromatic carboxylic acids is 1. The molecule has 7 nitrogen and oxygen atoms in total. The molecule has 1 saturated carbocycles. The van der Waals surface area contributed by atoms with Crippen LogP contribution in [0.4, 0.5) is 0 Å². The van der Waals surface area contributed by atoms with E-state index in [-0.39, 0.29) is 34.9 Å². The molecule has 0 spiro atoms. The minimum atomic E-state index is -3.68. The zero-order chi connectivity index (χ0) is 18.2. The van der Waals surface area contributed by atoms with Gasteiger partial charge in [0.2, 0.25) is 15.9 Å². The first-order chi connectivity index (χ1) is 11.8. The molecule has 1 N–H and O–H groups in total. The lowest BCUT2D eigenvalue weighted by molar-refractivity contribution is -0.138. The molecule has 1 aromatic carbocycles. The molecule has 1 heterocycles. The maximum atomic E-state index is 12.7. The van der Waals surface area contributed by atoms with E-state index in [9.17, 15) is 18.0 Å². The number of hydrogen-bond acceptors (Lipinski definition) is 4. The number of carboxylic acid groups (broad SMARTS) is 1. The van der Waals surface area contributed by atoms with Gasteiger partial charge in [-0.15, -0.1) is 0 Å². The van der Waals surface area contributed by atoms with E-state index in [1.54, 1.807) is 4.90 Å². The Morgan fingerprint density at radius 1 is 1.08 bits per heavy atom. The molecule has 8 heteroatoms. The van der Waals surface area contributed by atoms with E-state index < -0.39 is 16.0 Å². The molecule has 25 heavy (non-hydrogen) atoms. The monoisotopic (exact) mass is 366 g/mol. The smallest absolute Gasteiger partial charge is 0.335 e. The zero-order valence-corrected chi connectivity index (χ0v) is 15.0. The molecule has 0 unspecified atom stereocenters. The molecule has 0 radical (unpaired) electrons. The number of piperazine rings is 1. The van der Waals surface area contributed by atoms with Gasteiger partial charge in [-0.05, 0) is 43.5 Å². The van der Waals surface area contributed by atoms with Crippen LogP contribution in [0.25, 0.3) is 0 Å². The number of benzene rings is 1. The Morgan fingerprint density at radius 3 is 2.08 bits per heavy atom.